The minimum atomic E-state index is 0.220. The van der Waals surface area contributed by atoms with Crippen molar-refractivity contribution in [1.29, 1.82) is 0 Å². The third kappa shape index (κ3) is 2.00. The predicted octanol–water partition coefficient (Wildman–Crippen LogP) is -0.545. The van der Waals surface area contributed by atoms with Crippen molar-refractivity contribution in [2.75, 3.05) is 39.4 Å². The van der Waals surface area contributed by atoms with Crippen LogP contribution in [0.2, 0.25) is 0 Å². The first-order valence-electron chi connectivity index (χ1n) is 4.95. The molecular formula is C9H16N2O2. The molecule has 1 amide bonds. The summed E-state index contributed by atoms with van der Waals surface area (Å²) in [4.78, 5) is 13.8. The van der Waals surface area contributed by atoms with E-state index in [2.05, 4.69) is 5.32 Å². The molecule has 0 spiro atoms. The number of ether oxygens (including phenoxy) is 1. The first-order valence-corrected chi connectivity index (χ1v) is 4.95. The summed E-state index contributed by atoms with van der Waals surface area (Å²) >= 11 is 0. The Morgan fingerprint density at radius 1 is 1.38 bits per heavy atom. The van der Waals surface area contributed by atoms with Crippen molar-refractivity contribution in [1.82, 2.24) is 10.2 Å². The average molecular weight is 184 g/mol. The maximum atomic E-state index is 11.8. The first-order chi connectivity index (χ1) is 6.38. The van der Waals surface area contributed by atoms with Crippen LogP contribution in [0.3, 0.4) is 0 Å². The lowest BCUT2D eigenvalue weighted by atomic mass is 10.1. The van der Waals surface area contributed by atoms with Gasteiger partial charge in [-0.1, -0.05) is 0 Å². The number of morpholine rings is 1. The van der Waals surface area contributed by atoms with Gasteiger partial charge in [-0.05, 0) is 13.0 Å². The monoisotopic (exact) mass is 184 g/mol. The molecule has 2 aliphatic heterocycles. The first kappa shape index (κ1) is 8.97. The predicted molar refractivity (Wildman–Crippen MR) is 48.4 cm³/mol. The SMILES string of the molecule is O=C([C@@H]1CCNC1)N1CCOCC1. The van der Waals surface area contributed by atoms with Crippen LogP contribution < -0.4 is 5.32 Å². The second-order valence-electron chi connectivity index (χ2n) is 3.63. The Morgan fingerprint density at radius 2 is 2.15 bits per heavy atom. The lowest BCUT2D eigenvalue weighted by molar-refractivity contribution is -0.139. The zero-order chi connectivity index (χ0) is 9.10. The van der Waals surface area contributed by atoms with E-state index in [9.17, 15) is 4.79 Å². The molecule has 1 atom stereocenters. The smallest absolute Gasteiger partial charge is 0.227 e. The van der Waals surface area contributed by atoms with Crippen molar-refractivity contribution in [2.45, 2.75) is 6.42 Å². The van der Waals surface area contributed by atoms with Crippen molar-refractivity contribution >= 4 is 5.91 Å². The Balaban J connectivity index is 1.87. The zero-order valence-corrected chi connectivity index (χ0v) is 7.79. The second kappa shape index (κ2) is 4.07. The Labute approximate surface area is 78.2 Å². The van der Waals surface area contributed by atoms with Crippen LogP contribution in [0.25, 0.3) is 0 Å². The number of nitrogens with zero attached hydrogens (tertiary/aromatic N) is 1. The molecule has 0 radical (unpaired) electrons. The Morgan fingerprint density at radius 3 is 2.77 bits per heavy atom. The molecule has 0 aromatic carbocycles. The number of carbonyl (C=O) groups excluding carboxylic acids is 1. The van der Waals surface area contributed by atoms with Crippen molar-refractivity contribution in [3.8, 4) is 0 Å². The molecule has 74 valence electrons. The lowest BCUT2D eigenvalue weighted by Gasteiger charge is -2.28. The third-order valence-corrected chi connectivity index (χ3v) is 2.73. The molecule has 2 rings (SSSR count). The van der Waals surface area contributed by atoms with Crippen molar-refractivity contribution < 1.29 is 9.53 Å². The molecule has 2 aliphatic rings. The highest BCUT2D eigenvalue weighted by Gasteiger charge is 2.27. The second-order valence-corrected chi connectivity index (χ2v) is 3.63. The van der Waals surface area contributed by atoms with Gasteiger partial charge in [0.25, 0.3) is 0 Å². The Hall–Kier alpha value is -0.610. The summed E-state index contributed by atoms with van der Waals surface area (Å²) in [5.74, 6) is 0.534. The fourth-order valence-corrected chi connectivity index (χ4v) is 1.91. The van der Waals surface area contributed by atoms with Crippen LogP contribution in [-0.4, -0.2) is 50.2 Å². The minimum absolute atomic E-state index is 0.220. The summed E-state index contributed by atoms with van der Waals surface area (Å²) in [7, 11) is 0. The van der Waals surface area contributed by atoms with Crippen molar-refractivity contribution in [3.05, 3.63) is 0 Å². The number of carbonyl (C=O) groups is 1. The van der Waals surface area contributed by atoms with Gasteiger partial charge >= 0.3 is 0 Å². The summed E-state index contributed by atoms with van der Waals surface area (Å²) in [6, 6.07) is 0. The molecule has 0 aliphatic carbocycles. The Kier molecular flexibility index (Phi) is 2.80. The number of hydrogen-bond donors (Lipinski definition) is 1. The van der Waals surface area contributed by atoms with Crippen LogP contribution >= 0.6 is 0 Å². The number of rotatable bonds is 1. The number of amides is 1. The van der Waals surface area contributed by atoms with E-state index in [-0.39, 0.29) is 5.92 Å². The van der Waals surface area contributed by atoms with Crippen LogP contribution in [0.15, 0.2) is 0 Å². The van der Waals surface area contributed by atoms with Crippen LogP contribution in [0, 0.1) is 5.92 Å². The van der Waals surface area contributed by atoms with Gasteiger partial charge in [-0.25, -0.2) is 0 Å². The molecule has 0 bridgehead atoms. The van der Waals surface area contributed by atoms with E-state index in [1.807, 2.05) is 4.90 Å². The van der Waals surface area contributed by atoms with Gasteiger partial charge in [0, 0.05) is 19.6 Å². The number of hydrogen-bond acceptors (Lipinski definition) is 3. The maximum Gasteiger partial charge on any atom is 0.227 e. The van der Waals surface area contributed by atoms with Crippen molar-refractivity contribution in [3.63, 3.8) is 0 Å². The normalized spacial score (nSPS) is 29.2. The molecule has 2 fully saturated rings. The zero-order valence-electron chi connectivity index (χ0n) is 7.79. The van der Waals surface area contributed by atoms with E-state index in [0.717, 1.165) is 32.6 Å². The van der Waals surface area contributed by atoms with Gasteiger partial charge < -0.3 is 15.0 Å². The van der Waals surface area contributed by atoms with E-state index < -0.39 is 0 Å². The molecular weight excluding hydrogens is 168 g/mol. The van der Waals surface area contributed by atoms with Gasteiger partial charge in [0.15, 0.2) is 0 Å². The quantitative estimate of drug-likeness (QED) is 0.595. The Bertz CT molecular complexity index is 184. The topological polar surface area (TPSA) is 41.6 Å². The molecule has 0 unspecified atom stereocenters. The van der Waals surface area contributed by atoms with E-state index in [4.69, 9.17) is 4.74 Å². The molecule has 2 heterocycles. The standard InChI is InChI=1S/C9H16N2O2/c12-9(8-1-2-10-7-8)11-3-5-13-6-4-11/h8,10H,1-7H2/t8-/m1/s1. The maximum absolute atomic E-state index is 11.8. The largest absolute Gasteiger partial charge is 0.378 e. The van der Waals surface area contributed by atoms with E-state index in [1.54, 1.807) is 0 Å². The molecule has 2 saturated heterocycles. The van der Waals surface area contributed by atoms with Gasteiger partial charge in [-0.15, -0.1) is 0 Å². The summed E-state index contributed by atoms with van der Waals surface area (Å²) in [6.45, 7) is 4.79. The average Bonchev–Trinajstić information content (AvgIpc) is 2.71. The summed E-state index contributed by atoms with van der Waals surface area (Å²) < 4.78 is 5.20. The van der Waals surface area contributed by atoms with Crippen LogP contribution in [0.4, 0.5) is 0 Å². The fourth-order valence-electron chi connectivity index (χ4n) is 1.91. The highest BCUT2D eigenvalue weighted by Crippen LogP contribution is 2.12. The minimum Gasteiger partial charge on any atom is -0.378 e. The van der Waals surface area contributed by atoms with E-state index >= 15 is 0 Å². The van der Waals surface area contributed by atoms with Gasteiger partial charge in [0.2, 0.25) is 5.91 Å². The molecule has 13 heavy (non-hydrogen) atoms. The number of nitrogens with one attached hydrogen (secondary N) is 1. The summed E-state index contributed by atoms with van der Waals surface area (Å²) in [6.07, 6.45) is 0.996. The van der Waals surface area contributed by atoms with Gasteiger partial charge in [-0.2, -0.15) is 0 Å². The molecule has 4 heteroatoms. The molecule has 0 aromatic heterocycles. The van der Waals surface area contributed by atoms with Gasteiger partial charge in [-0.3, -0.25) is 4.79 Å². The fraction of sp³-hybridized carbons (Fsp3) is 0.889. The third-order valence-electron chi connectivity index (χ3n) is 2.73. The van der Waals surface area contributed by atoms with Gasteiger partial charge in [0.1, 0.15) is 0 Å². The lowest BCUT2D eigenvalue weighted by Crippen LogP contribution is -2.44. The molecule has 0 aromatic rings. The summed E-state index contributed by atoms with van der Waals surface area (Å²) in [5.41, 5.74) is 0. The van der Waals surface area contributed by atoms with Crippen LogP contribution in [0.1, 0.15) is 6.42 Å². The van der Waals surface area contributed by atoms with Crippen molar-refractivity contribution in [2.24, 2.45) is 5.92 Å². The van der Waals surface area contributed by atoms with E-state index in [0.29, 0.717) is 19.1 Å². The van der Waals surface area contributed by atoms with Crippen LogP contribution in [0.5, 0.6) is 0 Å². The molecule has 0 saturated carbocycles. The van der Waals surface area contributed by atoms with Crippen LogP contribution in [-0.2, 0) is 9.53 Å². The van der Waals surface area contributed by atoms with E-state index in [1.165, 1.54) is 0 Å². The highest BCUT2D eigenvalue weighted by molar-refractivity contribution is 5.79. The molecule has 1 N–H and O–H groups in total. The highest BCUT2D eigenvalue weighted by atomic mass is 16.5. The summed E-state index contributed by atoms with van der Waals surface area (Å²) in [5, 5.41) is 3.21. The van der Waals surface area contributed by atoms with Gasteiger partial charge in [0.05, 0.1) is 19.1 Å². The molecule has 4 nitrogen and oxygen atoms in total.